The summed E-state index contributed by atoms with van der Waals surface area (Å²) < 4.78 is 1.02. The van der Waals surface area contributed by atoms with Gasteiger partial charge in [0.05, 0.1) is 0 Å². The van der Waals surface area contributed by atoms with Crippen molar-refractivity contribution in [1.82, 2.24) is 0 Å². The average Bonchev–Trinajstić information content (AvgIpc) is 2.27. The highest BCUT2D eigenvalue weighted by atomic mass is 79.9. The van der Waals surface area contributed by atoms with Gasteiger partial charge >= 0.3 is 0 Å². The number of halogens is 1. The maximum atomic E-state index is 9.19. The molecule has 2 aromatic rings. The molecule has 0 unspecified atom stereocenters. The second-order valence-corrected chi connectivity index (χ2v) is 4.60. The number of nitrogen functional groups attached to an aromatic ring is 1. The normalized spacial score (nSPS) is 10.3. The molecule has 0 aliphatic rings. The highest BCUT2D eigenvalue weighted by Crippen LogP contribution is 2.22. The summed E-state index contributed by atoms with van der Waals surface area (Å²) in [6.45, 7) is 0. The lowest BCUT2D eigenvalue weighted by Crippen LogP contribution is -1.95. The quantitative estimate of drug-likeness (QED) is 0.828. The van der Waals surface area contributed by atoms with Crippen molar-refractivity contribution in [3.05, 3.63) is 58.1 Å². The van der Waals surface area contributed by atoms with E-state index in [0.29, 0.717) is 0 Å². The fourth-order valence-electron chi connectivity index (χ4n) is 1.56. The fourth-order valence-corrected chi connectivity index (χ4v) is 1.97. The number of hydrogen-bond donors (Lipinski definition) is 2. The van der Waals surface area contributed by atoms with Gasteiger partial charge in [0, 0.05) is 10.2 Å². The van der Waals surface area contributed by atoms with Crippen LogP contribution in [0.3, 0.4) is 0 Å². The molecule has 0 aliphatic carbocycles. The number of phenolic OH excluding ortho intramolecular Hbond substituents is 1. The highest BCUT2D eigenvalue weighted by Gasteiger charge is 2.02. The zero-order chi connectivity index (χ0) is 11.5. The maximum absolute atomic E-state index is 9.19. The summed E-state index contributed by atoms with van der Waals surface area (Å²) in [6.07, 6.45) is 0.769. The van der Waals surface area contributed by atoms with Crippen molar-refractivity contribution in [3.63, 3.8) is 0 Å². The second-order valence-electron chi connectivity index (χ2n) is 3.69. The van der Waals surface area contributed by atoms with Crippen LogP contribution in [-0.2, 0) is 6.42 Å². The molecule has 3 N–H and O–H groups in total. The Morgan fingerprint density at radius 3 is 2.44 bits per heavy atom. The monoisotopic (exact) mass is 277 g/mol. The van der Waals surface area contributed by atoms with Crippen LogP contribution >= 0.6 is 15.9 Å². The van der Waals surface area contributed by atoms with Crippen molar-refractivity contribution >= 4 is 21.6 Å². The van der Waals surface area contributed by atoms with Gasteiger partial charge in [0.2, 0.25) is 0 Å². The smallest absolute Gasteiger partial charge is 0.115 e. The zero-order valence-electron chi connectivity index (χ0n) is 8.65. The van der Waals surface area contributed by atoms with Crippen LogP contribution < -0.4 is 5.73 Å². The van der Waals surface area contributed by atoms with Gasteiger partial charge in [0.15, 0.2) is 0 Å². The summed E-state index contributed by atoms with van der Waals surface area (Å²) in [6, 6.07) is 13.0. The first-order valence-electron chi connectivity index (χ1n) is 4.97. The molecule has 0 bridgehead atoms. The number of hydrogen-bond acceptors (Lipinski definition) is 2. The minimum atomic E-state index is 0.283. The summed E-state index contributed by atoms with van der Waals surface area (Å²) in [5.74, 6) is 0.283. The zero-order valence-corrected chi connectivity index (χ0v) is 10.2. The molecular weight excluding hydrogens is 266 g/mol. The van der Waals surface area contributed by atoms with Crippen molar-refractivity contribution in [2.75, 3.05) is 5.73 Å². The molecule has 0 aromatic heterocycles. The predicted molar refractivity (Wildman–Crippen MR) is 69.5 cm³/mol. The van der Waals surface area contributed by atoms with Crippen LogP contribution in [0.1, 0.15) is 11.1 Å². The third-order valence-corrected chi connectivity index (χ3v) is 2.93. The first-order valence-corrected chi connectivity index (χ1v) is 5.76. The van der Waals surface area contributed by atoms with Gasteiger partial charge in [-0.1, -0.05) is 28.1 Å². The minimum Gasteiger partial charge on any atom is -0.508 e. The number of aromatic hydroxyl groups is 1. The molecular formula is C13H12BrNO. The van der Waals surface area contributed by atoms with E-state index >= 15 is 0 Å². The molecule has 2 nitrogen and oxygen atoms in total. The Labute approximate surface area is 103 Å². The minimum absolute atomic E-state index is 0.283. The SMILES string of the molecule is Nc1ccc(Br)cc1Cc1ccc(O)cc1. The Kier molecular flexibility index (Phi) is 3.15. The lowest BCUT2D eigenvalue weighted by Gasteiger charge is -2.06. The molecule has 0 spiro atoms. The average molecular weight is 278 g/mol. The first kappa shape index (κ1) is 11.0. The second kappa shape index (κ2) is 4.58. The Balaban J connectivity index is 2.26. The van der Waals surface area contributed by atoms with Gasteiger partial charge in [-0.2, -0.15) is 0 Å². The summed E-state index contributed by atoms with van der Waals surface area (Å²) >= 11 is 3.43. The number of rotatable bonds is 2. The van der Waals surface area contributed by atoms with Crippen molar-refractivity contribution in [2.24, 2.45) is 0 Å². The van der Waals surface area contributed by atoms with Crippen molar-refractivity contribution < 1.29 is 5.11 Å². The van der Waals surface area contributed by atoms with Gasteiger partial charge in [0.1, 0.15) is 5.75 Å². The Bertz CT molecular complexity index is 494. The molecule has 0 fully saturated rings. The maximum Gasteiger partial charge on any atom is 0.115 e. The van der Waals surface area contributed by atoms with Crippen LogP contribution in [0.2, 0.25) is 0 Å². The van der Waals surface area contributed by atoms with Gasteiger partial charge in [-0.25, -0.2) is 0 Å². The van der Waals surface area contributed by atoms with E-state index in [1.807, 2.05) is 30.3 Å². The number of phenols is 1. The summed E-state index contributed by atoms with van der Waals surface area (Å²) in [4.78, 5) is 0. The molecule has 0 aliphatic heterocycles. The van der Waals surface area contributed by atoms with Gasteiger partial charge in [-0.15, -0.1) is 0 Å². The molecule has 2 aromatic carbocycles. The van der Waals surface area contributed by atoms with Gasteiger partial charge in [-0.05, 0) is 47.9 Å². The Morgan fingerprint density at radius 2 is 1.75 bits per heavy atom. The summed E-state index contributed by atoms with van der Waals surface area (Å²) in [5, 5.41) is 9.19. The van der Waals surface area contributed by atoms with Crippen LogP contribution in [0.15, 0.2) is 46.9 Å². The molecule has 0 saturated heterocycles. The molecule has 0 amide bonds. The van der Waals surface area contributed by atoms with Crippen LogP contribution in [0.5, 0.6) is 5.75 Å². The van der Waals surface area contributed by atoms with Crippen molar-refractivity contribution in [1.29, 1.82) is 0 Å². The van der Waals surface area contributed by atoms with E-state index in [1.165, 1.54) is 0 Å². The third-order valence-electron chi connectivity index (χ3n) is 2.44. The van der Waals surface area contributed by atoms with E-state index in [0.717, 1.165) is 27.7 Å². The van der Waals surface area contributed by atoms with Gasteiger partial charge in [0.25, 0.3) is 0 Å². The summed E-state index contributed by atoms with van der Waals surface area (Å²) in [7, 11) is 0. The van der Waals surface area contributed by atoms with E-state index in [9.17, 15) is 5.11 Å². The lowest BCUT2D eigenvalue weighted by molar-refractivity contribution is 0.475. The third kappa shape index (κ3) is 2.55. The van der Waals surface area contributed by atoms with Crippen molar-refractivity contribution in [2.45, 2.75) is 6.42 Å². The lowest BCUT2D eigenvalue weighted by atomic mass is 10.0. The number of nitrogens with two attached hydrogens (primary N) is 1. The van der Waals surface area contributed by atoms with Crippen molar-refractivity contribution in [3.8, 4) is 5.75 Å². The largest absolute Gasteiger partial charge is 0.508 e. The van der Waals surface area contributed by atoms with E-state index < -0.39 is 0 Å². The number of anilines is 1. The Hall–Kier alpha value is -1.48. The van der Waals surface area contributed by atoms with Gasteiger partial charge < -0.3 is 10.8 Å². The topological polar surface area (TPSA) is 46.2 Å². The predicted octanol–water partition coefficient (Wildman–Crippen LogP) is 3.33. The molecule has 3 heteroatoms. The van der Waals surface area contributed by atoms with Crippen LogP contribution in [-0.4, -0.2) is 5.11 Å². The molecule has 82 valence electrons. The highest BCUT2D eigenvalue weighted by molar-refractivity contribution is 9.10. The standard InChI is InChI=1S/C13H12BrNO/c14-11-3-6-13(15)10(8-11)7-9-1-4-12(16)5-2-9/h1-6,8,16H,7,15H2. The van der Waals surface area contributed by atoms with E-state index in [2.05, 4.69) is 15.9 Å². The van der Waals surface area contributed by atoms with Crippen LogP contribution in [0.25, 0.3) is 0 Å². The van der Waals surface area contributed by atoms with E-state index in [4.69, 9.17) is 5.73 Å². The molecule has 0 atom stereocenters. The van der Waals surface area contributed by atoms with Crippen LogP contribution in [0, 0.1) is 0 Å². The Morgan fingerprint density at radius 1 is 1.06 bits per heavy atom. The first-order chi connectivity index (χ1) is 7.65. The molecule has 0 saturated carbocycles. The van der Waals surface area contributed by atoms with E-state index in [1.54, 1.807) is 12.1 Å². The molecule has 16 heavy (non-hydrogen) atoms. The van der Waals surface area contributed by atoms with Crippen LogP contribution in [0.4, 0.5) is 5.69 Å². The number of benzene rings is 2. The van der Waals surface area contributed by atoms with E-state index in [-0.39, 0.29) is 5.75 Å². The summed E-state index contributed by atoms with van der Waals surface area (Å²) in [5.41, 5.74) is 8.90. The fraction of sp³-hybridized carbons (Fsp3) is 0.0769. The van der Waals surface area contributed by atoms with Gasteiger partial charge in [-0.3, -0.25) is 0 Å². The molecule has 0 radical (unpaired) electrons. The molecule has 0 heterocycles. The molecule has 2 rings (SSSR count).